The molecule has 3 rings (SSSR count). The molecule has 0 saturated carbocycles. The number of halogens is 2. The Morgan fingerprint density at radius 3 is 2.44 bits per heavy atom. The van der Waals surface area contributed by atoms with Crippen LogP contribution in [0, 0.1) is 20.8 Å². The molecule has 0 saturated heterocycles. The van der Waals surface area contributed by atoms with Gasteiger partial charge in [-0.25, -0.2) is 8.42 Å². The zero-order valence-electron chi connectivity index (χ0n) is 18.7. The van der Waals surface area contributed by atoms with Crippen molar-refractivity contribution in [2.45, 2.75) is 38.0 Å². The van der Waals surface area contributed by atoms with Gasteiger partial charge in [0.1, 0.15) is 15.6 Å². The molecule has 2 N–H and O–H groups in total. The first-order valence-electron chi connectivity index (χ1n) is 9.84. The number of thiophene rings is 1. The zero-order chi connectivity index (χ0) is 25.4. The Bertz CT molecular complexity index is 1410. The highest BCUT2D eigenvalue weighted by atomic mass is 35.5. The summed E-state index contributed by atoms with van der Waals surface area (Å²) in [6.07, 6.45) is 1.13. The molecule has 0 fully saturated rings. The number of anilines is 2. The lowest BCUT2D eigenvalue weighted by Crippen LogP contribution is -2.29. The van der Waals surface area contributed by atoms with E-state index in [1.54, 1.807) is 19.9 Å². The molecule has 1 amide bonds. The Morgan fingerprint density at radius 1 is 1.21 bits per heavy atom. The molecule has 0 spiro atoms. The second-order valence-corrected chi connectivity index (χ2v) is 11.6. The highest BCUT2D eigenvalue weighted by Gasteiger charge is 2.33. The van der Waals surface area contributed by atoms with Gasteiger partial charge in [0.25, 0.3) is 5.91 Å². The van der Waals surface area contributed by atoms with Crippen molar-refractivity contribution >= 4 is 67.6 Å². The summed E-state index contributed by atoms with van der Waals surface area (Å²) < 4.78 is 32.0. The van der Waals surface area contributed by atoms with Crippen LogP contribution < -0.4 is 10.6 Å². The van der Waals surface area contributed by atoms with E-state index in [1.807, 2.05) is 13.0 Å². The van der Waals surface area contributed by atoms with Crippen LogP contribution in [-0.4, -0.2) is 30.6 Å². The van der Waals surface area contributed by atoms with Gasteiger partial charge >= 0.3 is 0 Å². The van der Waals surface area contributed by atoms with E-state index in [0.29, 0.717) is 16.8 Å². The number of Topliss-reactive ketones (excluding diaryl/α,β-unsaturated/α-hetero) is 1. The lowest BCUT2D eigenvalue weighted by atomic mass is 10.00. The fourth-order valence-corrected chi connectivity index (χ4v) is 6.58. The van der Waals surface area contributed by atoms with E-state index in [0.717, 1.165) is 23.0 Å². The molecule has 0 aliphatic carbocycles. The van der Waals surface area contributed by atoms with Crippen LogP contribution in [0.15, 0.2) is 40.3 Å². The van der Waals surface area contributed by atoms with Gasteiger partial charge in [-0.15, -0.1) is 11.3 Å². The van der Waals surface area contributed by atoms with Crippen molar-refractivity contribution in [2.75, 3.05) is 10.6 Å². The summed E-state index contributed by atoms with van der Waals surface area (Å²) in [5, 5.41) is 7.71. The van der Waals surface area contributed by atoms with Gasteiger partial charge in [-0.1, -0.05) is 47.1 Å². The predicted octanol–water partition coefficient (Wildman–Crippen LogP) is 5.82. The Balaban J connectivity index is 2.01. The lowest BCUT2D eigenvalue weighted by Gasteiger charge is -2.16. The number of carbonyl (C=O) groups excluding carboxylic acids is 2. The van der Waals surface area contributed by atoms with E-state index in [1.165, 1.54) is 13.0 Å². The minimum atomic E-state index is -4.22. The molecule has 1 aromatic carbocycles. The van der Waals surface area contributed by atoms with Crippen molar-refractivity contribution in [1.29, 1.82) is 0 Å². The Morgan fingerprint density at radius 2 is 1.88 bits per heavy atom. The zero-order valence-corrected chi connectivity index (χ0v) is 21.8. The SMILES string of the molecule is C=CC(Nc1onc(C)c1Cl)S(=O)(=O)c1cc(Cl)sc1C(=O)Nc1cc(C)cc(C)c1C(C)=O. The third-order valence-corrected chi connectivity index (χ3v) is 8.62. The number of nitrogens with zero attached hydrogens (tertiary/aromatic N) is 1. The monoisotopic (exact) mass is 541 g/mol. The number of ketones is 1. The van der Waals surface area contributed by atoms with Crippen LogP contribution in [0.1, 0.15) is 43.8 Å². The van der Waals surface area contributed by atoms with Gasteiger partial charge in [0, 0.05) is 5.56 Å². The van der Waals surface area contributed by atoms with E-state index in [9.17, 15) is 18.0 Å². The van der Waals surface area contributed by atoms with Crippen molar-refractivity contribution in [3.05, 3.63) is 67.5 Å². The van der Waals surface area contributed by atoms with Gasteiger partial charge in [0.05, 0.1) is 14.9 Å². The van der Waals surface area contributed by atoms with Crippen LogP contribution in [0.25, 0.3) is 0 Å². The van der Waals surface area contributed by atoms with E-state index in [4.69, 9.17) is 27.7 Å². The molecule has 1 unspecified atom stereocenters. The molecule has 34 heavy (non-hydrogen) atoms. The molecule has 1 atom stereocenters. The first-order valence-corrected chi connectivity index (χ1v) is 13.0. The van der Waals surface area contributed by atoms with Gasteiger partial charge in [-0.2, -0.15) is 0 Å². The van der Waals surface area contributed by atoms with Crippen molar-refractivity contribution in [2.24, 2.45) is 0 Å². The average molecular weight is 542 g/mol. The van der Waals surface area contributed by atoms with Crippen LogP contribution in [-0.2, 0) is 9.84 Å². The standard InChI is InChI=1S/C22H21Cl2N3O5S2/c1-6-17(26-22-19(24)12(4)27-32-22)34(30,31)15-9-16(23)33-20(15)21(29)25-14-8-10(2)7-11(3)18(14)13(5)28/h6-9,17,26H,1H2,2-5H3,(H,25,29). The van der Waals surface area contributed by atoms with Crippen molar-refractivity contribution in [1.82, 2.24) is 5.16 Å². The number of aryl methyl sites for hydroxylation is 3. The number of sulfone groups is 1. The topological polar surface area (TPSA) is 118 Å². The van der Waals surface area contributed by atoms with Crippen molar-refractivity contribution in [3.63, 3.8) is 0 Å². The minimum absolute atomic E-state index is 0.0543. The maximum atomic E-state index is 13.4. The summed E-state index contributed by atoms with van der Waals surface area (Å²) in [6, 6.07) is 4.66. The van der Waals surface area contributed by atoms with E-state index in [-0.39, 0.29) is 36.5 Å². The van der Waals surface area contributed by atoms with Gasteiger partial charge in [-0.05, 0) is 51.0 Å². The number of benzene rings is 1. The predicted molar refractivity (Wildman–Crippen MR) is 134 cm³/mol. The first-order chi connectivity index (χ1) is 15.9. The summed E-state index contributed by atoms with van der Waals surface area (Å²) in [6.45, 7) is 10.1. The highest BCUT2D eigenvalue weighted by molar-refractivity contribution is 7.92. The maximum Gasteiger partial charge on any atom is 0.267 e. The molecule has 0 radical (unpaired) electrons. The fraction of sp³-hybridized carbons (Fsp3) is 0.227. The summed E-state index contributed by atoms with van der Waals surface area (Å²) in [4.78, 5) is 24.9. The van der Waals surface area contributed by atoms with Gasteiger partial charge in [-0.3, -0.25) is 9.59 Å². The molecule has 2 aromatic heterocycles. The molecular formula is C22H21Cl2N3O5S2. The van der Waals surface area contributed by atoms with Crippen LogP contribution in [0.3, 0.4) is 0 Å². The number of carbonyl (C=O) groups is 2. The van der Waals surface area contributed by atoms with Crippen molar-refractivity contribution in [3.8, 4) is 0 Å². The summed E-state index contributed by atoms with van der Waals surface area (Å²) in [5.41, 5.74) is 2.51. The van der Waals surface area contributed by atoms with Gasteiger partial charge < -0.3 is 15.2 Å². The van der Waals surface area contributed by atoms with Crippen LogP contribution >= 0.6 is 34.5 Å². The van der Waals surface area contributed by atoms with Gasteiger partial charge in [0.15, 0.2) is 11.2 Å². The molecule has 3 aromatic rings. The van der Waals surface area contributed by atoms with E-state index >= 15 is 0 Å². The lowest BCUT2D eigenvalue weighted by molar-refractivity contribution is 0.101. The minimum Gasteiger partial charge on any atom is -0.337 e. The third kappa shape index (κ3) is 5.05. The summed E-state index contributed by atoms with van der Waals surface area (Å²) >= 11 is 13.0. The fourth-order valence-electron chi connectivity index (χ4n) is 3.41. The summed E-state index contributed by atoms with van der Waals surface area (Å²) in [7, 11) is -4.22. The Hall–Kier alpha value is -2.66. The number of rotatable bonds is 8. The number of amides is 1. The normalized spacial score (nSPS) is 12.3. The van der Waals surface area contributed by atoms with Gasteiger partial charge in [0.2, 0.25) is 15.7 Å². The second-order valence-electron chi connectivity index (χ2n) is 7.52. The summed E-state index contributed by atoms with van der Waals surface area (Å²) in [5.74, 6) is -1.01. The van der Waals surface area contributed by atoms with Crippen LogP contribution in [0.2, 0.25) is 9.36 Å². The molecule has 0 aliphatic rings. The van der Waals surface area contributed by atoms with Crippen LogP contribution in [0.4, 0.5) is 11.6 Å². The molecule has 0 bridgehead atoms. The quantitative estimate of drug-likeness (QED) is 0.272. The molecule has 0 aliphatic heterocycles. The third-order valence-electron chi connectivity index (χ3n) is 4.87. The van der Waals surface area contributed by atoms with E-state index < -0.39 is 21.1 Å². The number of nitrogens with one attached hydrogen (secondary N) is 2. The molecule has 12 heteroatoms. The molecule has 180 valence electrons. The number of aromatic nitrogens is 1. The van der Waals surface area contributed by atoms with E-state index in [2.05, 4.69) is 22.4 Å². The van der Waals surface area contributed by atoms with Crippen molar-refractivity contribution < 1.29 is 22.5 Å². The highest BCUT2D eigenvalue weighted by Crippen LogP contribution is 2.35. The molecule has 2 heterocycles. The van der Waals surface area contributed by atoms with Crippen LogP contribution in [0.5, 0.6) is 0 Å². The number of hydrogen-bond donors (Lipinski definition) is 2. The smallest absolute Gasteiger partial charge is 0.267 e. The maximum absolute atomic E-state index is 13.4. The Labute approximate surface area is 210 Å². The Kier molecular flexibility index (Phi) is 7.56. The number of hydrogen-bond acceptors (Lipinski definition) is 8. The largest absolute Gasteiger partial charge is 0.337 e. The molecule has 8 nitrogen and oxygen atoms in total. The first kappa shape index (κ1) is 26.0. The molecular weight excluding hydrogens is 521 g/mol. The second kappa shape index (κ2) is 9.91. The average Bonchev–Trinajstić information content (AvgIpc) is 3.28.